The van der Waals surface area contributed by atoms with Gasteiger partial charge in [0.25, 0.3) is 0 Å². The van der Waals surface area contributed by atoms with E-state index < -0.39 is 0 Å². The number of aryl methyl sites for hydroxylation is 1. The van der Waals surface area contributed by atoms with Crippen molar-refractivity contribution in [3.63, 3.8) is 0 Å². The Morgan fingerprint density at radius 2 is 2.00 bits per heavy atom. The summed E-state index contributed by atoms with van der Waals surface area (Å²) in [5.41, 5.74) is 8.63. The quantitative estimate of drug-likeness (QED) is 0.736. The standard InChI is InChI=1S/C14H14N4O/c1-8-12-10(7-16-8)17-14(18-13(12)15)9-5-3-4-6-11(9)19-2/h3-7,16H,1-2H3,(H2,15,17,18). The van der Waals surface area contributed by atoms with E-state index in [4.69, 9.17) is 10.5 Å². The number of benzene rings is 1. The third kappa shape index (κ3) is 1.79. The van der Waals surface area contributed by atoms with Gasteiger partial charge in [-0.25, -0.2) is 9.97 Å². The second-order valence-corrected chi connectivity index (χ2v) is 4.31. The summed E-state index contributed by atoms with van der Waals surface area (Å²) in [5.74, 6) is 1.78. The van der Waals surface area contributed by atoms with E-state index in [0.717, 1.165) is 27.9 Å². The minimum absolute atomic E-state index is 0.477. The first-order chi connectivity index (χ1) is 9.20. The number of aromatic nitrogens is 3. The first-order valence-electron chi connectivity index (χ1n) is 5.95. The molecule has 0 saturated heterocycles. The van der Waals surface area contributed by atoms with Crippen LogP contribution in [0.15, 0.2) is 30.5 Å². The molecule has 0 fully saturated rings. The van der Waals surface area contributed by atoms with Gasteiger partial charge < -0.3 is 15.5 Å². The Hall–Kier alpha value is -2.56. The smallest absolute Gasteiger partial charge is 0.165 e. The molecule has 3 aromatic rings. The van der Waals surface area contributed by atoms with Crippen LogP contribution in [0.3, 0.4) is 0 Å². The lowest BCUT2D eigenvalue weighted by molar-refractivity contribution is 0.416. The van der Waals surface area contributed by atoms with Crippen LogP contribution in [0.5, 0.6) is 5.75 Å². The van der Waals surface area contributed by atoms with E-state index >= 15 is 0 Å². The number of nitrogens with zero attached hydrogens (tertiary/aromatic N) is 2. The fourth-order valence-corrected chi connectivity index (χ4v) is 2.18. The maximum absolute atomic E-state index is 6.02. The fraction of sp³-hybridized carbons (Fsp3) is 0.143. The van der Waals surface area contributed by atoms with Gasteiger partial charge >= 0.3 is 0 Å². The maximum Gasteiger partial charge on any atom is 0.165 e. The second kappa shape index (κ2) is 4.28. The van der Waals surface area contributed by atoms with Crippen molar-refractivity contribution in [1.29, 1.82) is 0 Å². The summed E-state index contributed by atoms with van der Waals surface area (Å²) in [6.45, 7) is 1.95. The Kier molecular flexibility index (Phi) is 2.59. The number of H-pyrrole nitrogens is 1. The van der Waals surface area contributed by atoms with Crippen molar-refractivity contribution in [2.24, 2.45) is 0 Å². The number of hydrogen-bond acceptors (Lipinski definition) is 4. The Bertz CT molecular complexity index is 748. The van der Waals surface area contributed by atoms with Gasteiger partial charge in [0, 0.05) is 11.9 Å². The van der Waals surface area contributed by atoms with Crippen molar-refractivity contribution in [2.45, 2.75) is 6.92 Å². The topological polar surface area (TPSA) is 76.8 Å². The minimum atomic E-state index is 0.477. The number of methoxy groups -OCH3 is 1. The summed E-state index contributed by atoms with van der Waals surface area (Å²) < 4.78 is 5.33. The fourth-order valence-electron chi connectivity index (χ4n) is 2.18. The van der Waals surface area contributed by atoms with E-state index in [9.17, 15) is 0 Å². The van der Waals surface area contributed by atoms with Gasteiger partial charge in [-0.05, 0) is 19.1 Å². The zero-order chi connectivity index (χ0) is 13.4. The van der Waals surface area contributed by atoms with Crippen molar-refractivity contribution in [2.75, 3.05) is 12.8 Å². The predicted molar refractivity (Wildman–Crippen MR) is 75.0 cm³/mol. The number of para-hydroxylation sites is 1. The molecule has 0 spiro atoms. The van der Waals surface area contributed by atoms with Gasteiger partial charge in [-0.2, -0.15) is 0 Å². The van der Waals surface area contributed by atoms with Gasteiger partial charge in [-0.15, -0.1) is 0 Å². The van der Waals surface area contributed by atoms with Crippen LogP contribution in [0, 0.1) is 6.92 Å². The lowest BCUT2D eigenvalue weighted by Crippen LogP contribution is -1.98. The molecule has 0 saturated carbocycles. The molecule has 3 rings (SSSR count). The number of ether oxygens (including phenoxy) is 1. The van der Waals surface area contributed by atoms with E-state index in [0.29, 0.717) is 11.6 Å². The lowest BCUT2D eigenvalue weighted by Gasteiger charge is -2.08. The molecule has 0 radical (unpaired) electrons. The summed E-state index contributed by atoms with van der Waals surface area (Å²) in [4.78, 5) is 12.0. The minimum Gasteiger partial charge on any atom is -0.496 e. The molecular formula is C14H14N4O. The van der Waals surface area contributed by atoms with Gasteiger partial charge in [0.2, 0.25) is 0 Å². The molecular weight excluding hydrogens is 240 g/mol. The second-order valence-electron chi connectivity index (χ2n) is 4.31. The molecule has 5 nitrogen and oxygen atoms in total. The van der Waals surface area contributed by atoms with Crippen LogP contribution in [0.25, 0.3) is 22.3 Å². The van der Waals surface area contributed by atoms with E-state index in [-0.39, 0.29) is 0 Å². The Balaban J connectivity index is 2.26. The SMILES string of the molecule is COc1ccccc1-c1nc(N)c2c(C)[nH]cc2n1. The average Bonchev–Trinajstić information content (AvgIpc) is 2.80. The highest BCUT2D eigenvalue weighted by Crippen LogP contribution is 2.30. The molecule has 19 heavy (non-hydrogen) atoms. The first-order valence-corrected chi connectivity index (χ1v) is 5.95. The zero-order valence-electron chi connectivity index (χ0n) is 10.8. The Labute approximate surface area is 110 Å². The lowest BCUT2D eigenvalue weighted by atomic mass is 10.1. The van der Waals surface area contributed by atoms with Gasteiger partial charge in [0.15, 0.2) is 5.82 Å². The molecule has 2 heterocycles. The molecule has 0 unspecified atom stereocenters. The number of hydrogen-bond donors (Lipinski definition) is 2. The number of aromatic amines is 1. The average molecular weight is 254 g/mol. The van der Waals surface area contributed by atoms with E-state index in [1.54, 1.807) is 7.11 Å². The predicted octanol–water partition coefficient (Wildman–Crippen LogP) is 2.52. The molecule has 3 N–H and O–H groups in total. The highest BCUT2D eigenvalue weighted by atomic mass is 16.5. The Morgan fingerprint density at radius 3 is 2.79 bits per heavy atom. The number of fused-ring (bicyclic) bond motifs is 1. The van der Waals surface area contributed by atoms with Crippen molar-refractivity contribution in [3.05, 3.63) is 36.2 Å². The molecule has 0 atom stereocenters. The van der Waals surface area contributed by atoms with Crippen LogP contribution in [0.1, 0.15) is 5.69 Å². The molecule has 0 aliphatic heterocycles. The molecule has 0 aliphatic rings. The normalized spacial score (nSPS) is 10.8. The molecule has 96 valence electrons. The molecule has 0 amide bonds. The number of rotatable bonds is 2. The van der Waals surface area contributed by atoms with Crippen molar-refractivity contribution in [3.8, 4) is 17.1 Å². The van der Waals surface area contributed by atoms with E-state index in [1.165, 1.54) is 0 Å². The summed E-state index contributed by atoms with van der Waals surface area (Å²) in [6.07, 6.45) is 1.83. The van der Waals surface area contributed by atoms with Gasteiger partial charge in [0.1, 0.15) is 11.6 Å². The molecule has 5 heteroatoms. The number of nitrogens with one attached hydrogen (secondary N) is 1. The Morgan fingerprint density at radius 1 is 1.21 bits per heavy atom. The monoisotopic (exact) mass is 254 g/mol. The van der Waals surface area contributed by atoms with Crippen LogP contribution in [0.4, 0.5) is 5.82 Å². The van der Waals surface area contributed by atoms with E-state index in [2.05, 4.69) is 15.0 Å². The summed E-state index contributed by atoms with van der Waals surface area (Å²) in [6, 6.07) is 7.62. The van der Waals surface area contributed by atoms with Crippen molar-refractivity contribution < 1.29 is 4.74 Å². The number of nitrogens with two attached hydrogens (primary N) is 1. The van der Waals surface area contributed by atoms with Crippen LogP contribution in [0.2, 0.25) is 0 Å². The van der Waals surface area contributed by atoms with Crippen LogP contribution in [-0.4, -0.2) is 22.1 Å². The van der Waals surface area contributed by atoms with Crippen molar-refractivity contribution >= 4 is 16.7 Å². The number of anilines is 1. The highest BCUT2D eigenvalue weighted by Gasteiger charge is 2.13. The molecule has 0 bridgehead atoms. The molecule has 0 aliphatic carbocycles. The number of nitrogen functional groups attached to an aromatic ring is 1. The van der Waals surface area contributed by atoms with Crippen molar-refractivity contribution in [1.82, 2.24) is 15.0 Å². The largest absolute Gasteiger partial charge is 0.496 e. The highest BCUT2D eigenvalue weighted by molar-refractivity contribution is 5.92. The van der Waals surface area contributed by atoms with Gasteiger partial charge in [0.05, 0.1) is 23.6 Å². The third-order valence-corrected chi connectivity index (χ3v) is 3.11. The third-order valence-electron chi connectivity index (χ3n) is 3.11. The van der Waals surface area contributed by atoms with Gasteiger partial charge in [-0.1, -0.05) is 12.1 Å². The van der Waals surface area contributed by atoms with E-state index in [1.807, 2.05) is 37.4 Å². The summed E-state index contributed by atoms with van der Waals surface area (Å²) in [7, 11) is 1.63. The van der Waals surface area contributed by atoms with Crippen LogP contribution < -0.4 is 10.5 Å². The zero-order valence-corrected chi connectivity index (χ0v) is 10.8. The first kappa shape index (κ1) is 11.5. The van der Waals surface area contributed by atoms with Crippen LogP contribution >= 0.6 is 0 Å². The maximum atomic E-state index is 6.02. The molecule has 1 aromatic carbocycles. The molecule has 2 aromatic heterocycles. The van der Waals surface area contributed by atoms with Gasteiger partial charge in [-0.3, -0.25) is 0 Å². The summed E-state index contributed by atoms with van der Waals surface area (Å²) in [5, 5.41) is 0.874. The van der Waals surface area contributed by atoms with Crippen LogP contribution in [-0.2, 0) is 0 Å². The summed E-state index contributed by atoms with van der Waals surface area (Å²) >= 11 is 0.